The van der Waals surface area contributed by atoms with E-state index in [0.717, 1.165) is 32.3 Å². The topological polar surface area (TPSA) is 55.6 Å². The highest BCUT2D eigenvalue weighted by molar-refractivity contribution is 6.64. The Kier molecular flexibility index (Phi) is 4.28. The van der Waals surface area contributed by atoms with Gasteiger partial charge in [-0.05, 0) is 13.0 Å². The third-order valence-electron chi connectivity index (χ3n) is 2.03. The van der Waals surface area contributed by atoms with Crippen LogP contribution < -0.4 is 5.73 Å². The van der Waals surface area contributed by atoms with Gasteiger partial charge in [0.15, 0.2) is 0 Å². The third kappa shape index (κ3) is 2.93. The second kappa shape index (κ2) is 5.29. The van der Waals surface area contributed by atoms with Crippen molar-refractivity contribution in [2.45, 2.75) is 12.5 Å². The van der Waals surface area contributed by atoms with Crippen LogP contribution in [0.1, 0.15) is 6.42 Å². The molecule has 0 aromatic heterocycles. The van der Waals surface area contributed by atoms with Crippen LogP contribution in [-0.4, -0.2) is 50.8 Å². The first-order valence-corrected chi connectivity index (χ1v) is 4.34. The van der Waals surface area contributed by atoms with E-state index in [0.29, 0.717) is 14.0 Å². The summed E-state index contributed by atoms with van der Waals surface area (Å²) in [6.45, 7) is 3.02. The van der Waals surface area contributed by atoms with E-state index in [1.54, 1.807) is 0 Å². The molecule has 0 aliphatic carbocycles. The Balaban J connectivity index is 2.35. The molecule has 12 heavy (non-hydrogen) atoms. The predicted octanol–water partition coefficient (Wildman–Crippen LogP) is -1.42. The van der Waals surface area contributed by atoms with Crippen molar-refractivity contribution in [1.82, 2.24) is 4.81 Å². The molecule has 1 atom stereocenters. The van der Waals surface area contributed by atoms with E-state index >= 15 is 0 Å². The molecule has 1 heterocycles. The average molecular weight is 170 g/mol. The molecule has 0 unspecified atom stereocenters. The van der Waals surface area contributed by atoms with E-state index in [1.165, 1.54) is 0 Å². The quantitative estimate of drug-likeness (QED) is 0.417. The van der Waals surface area contributed by atoms with Gasteiger partial charge in [-0.3, -0.25) is 0 Å². The fourth-order valence-corrected chi connectivity index (χ4v) is 1.38. The van der Waals surface area contributed by atoms with E-state index in [-0.39, 0.29) is 6.10 Å². The fraction of sp³-hybridized carbons (Fsp3) is 0.857. The van der Waals surface area contributed by atoms with E-state index in [2.05, 4.69) is 4.81 Å². The largest absolute Gasteiger partial charge is 0.376 e. The van der Waals surface area contributed by atoms with Crippen molar-refractivity contribution in [3.63, 3.8) is 0 Å². The Morgan fingerprint density at radius 1 is 1.75 bits per heavy atom. The average Bonchev–Trinajstić information content (AvgIpc) is 2.30. The molecule has 0 amide bonds. The Morgan fingerprint density at radius 3 is 3.25 bits per heavy atom. The minimum absolute atomic E-state index is 0.104. The summed E-state index contributed by atoms with van der Waals surface area (Å²) in [5.74, 6) is 0. The first-order valence-electron chi connectivity index (χ1n) is 4.34. The lowest BCUT2D eigenvalue weighted by Crippen LogP contribution is -2.38. The van der Waals surface area contributed by atoms with Crippen LogP contribution in [0.25, 0.3) is 0 Å². The lowest BCUT2D eigenvalue weighted by molar-refractivity contribution is 0.0680. The molecule has 0 spiro atoms. The molecule has 1 saturated heterocycles. The van der Waals surface area contributed by atoms with Crippen LogP contribution in [-0.2, 0) is 9.53 Å². The van der Waals surface area contributed by atoms with Gasteiger partial charge in [0.05, 0.1) is 12.3 Å². The molecule has 0 aromatic carbocycles. The number of carbonyl (C=O) groups excluding carboxylic acids is 1. The third-order valence-corrected chi connectivity index (χ3v) is 2.03. The molecule has 1 aliphatic rings. The summed E-state index contributed by atoms with van der Waals surface area (Å²) in [7, 11) is 0.500. The second-order valence-electron chi connectivity index (χ2n) is 3.01. The maximum absolute atomic E-state index is 10.3. The highest BCUT2D eigenvalue weighted by atomic mass is 16.5. The van der Waals surface area contributed by atoms with E-state index < -0.39 is 0 Å². The zero-order chi connectivity index (χ0) is 8.81. The van der Waals surface area contributed by atoms with Crippen molar-refractivity contribution in [1.29, 1.82) is 0 Å². The predicted molar refractivity (Wildman–Crippen MR) is 48.9 cm³/mol. The van der Waals surface area contributed by atoms with Gasteiger partial charge in [0.25, 0.3) is 7.41 Å². The van der Waals surface area contributed by atoms with Gasteiger partial charge in [0.2, 0.25) is 0 Å². The molecule has 1 aliphatic heterocycles. The van der Waals surface area contributed by atoms with Crippen LogP contribution in [0.15, 0.2) is 0 Å². The highest BCUT2D eigenvalue weighted by Crippen LogP contribution is 2.02. The number of nitrogens with two attached hydrogens (primary N) is 1. The molecule has 0 aromatic rings. The van der Waals surface area contributed by atoms with Gasteiger partial charge in [-0.1, -0.05) is 0 Å². The van der Waals surface area contributed by atoms with Gasteiger partial charge in [0.1, 0.15) is 0 Å². The molecule has 0 bridgehead atoms. The molecule has 1 rings (SSSR count). The van der Waals surface area contributed by atoms with Crippen molar-refractivity contribution in [3.8, 4) is 0 Å². The normalized spacial score (nSPS) is 26.2. The van der Waals surface area contributed by atoms with Crippen LogP contribution in [0, 0.1) is 0 Å². The zero-order valence-electron chi connectivity index (χ0n) is 7.24. The van der Waals surface area contributed by atoms with E-state index in [9.17, 15) is 4.79 Å². The summed E-state index contributed by atoms with van der Waals surface area (Å²) in [5, 5.41) is 0. The summed E-state index contributed by atoms with van der Waals surface area (Å²) < 4.78 is 5.45. The number of nitrogens with zero attached hydrogens (tertiary/aromatic N) is 1. The molecular formula is C7H15BN2O2. The van der Waals surface area contributed by atoms with Gasteiger partial charge in [0, 0.05) is 19.7 Å². The number of hydrogen-bond donors (Lipinski definition) is 1. The van der Waals surface area contributed by atoms with Crippen LogP contribution >= 0.6 is 0 Å². The summed E-state index contributed by atoms with van der Waals surface area (Å²) >= 11 is 0. The van der Waals surface area contributed by atoms with Gasteiger partial charge in [-0.15, -0.1) is 0 Å². The number of rotatable bonds is 3. The summed E-state index contributed by atoms with van der Waals surface area (Å²) in [6, 6.07) is 0. The Bertz CT molecular complexity index is 145. The van der Waals surface area contributed by atoms with Crippen molar-refractivity contribution in [3.05, 3.63) is 0 Å². The standard InChI is InChI=1S/C7H15BN2O2/c9-4-7-5-10(8-6-11)2-1-3-12-7/h6-8H,1-5,9H2/t7-/m1/s1. The summed E-state index contributed by atoms with van der Waals surface area (Å²) in [6.07, 6.45) is 2.02. The Labute approximate surface area is 73.3 Å². The highest BCUT2D eigenvalue weighted by Gasteiger charge is 2.16. The van der Waals surface area contributed by atoms with Crippen molar-refractivity contribution in [2.24, 2.45) is 5.73 Å². The molecule has 5 heteroatoms. The lowest BCUT2D eigenvalue weighted by Gasteiger charge is -2.19. The molecular weight excluding hydrogens is 155 g/mol. The lowest BCUT2D eigenvalue weighted by atomic mass is 9.94. The first kappa shape index (κ1) is 9.70. The molecule has 0 saturated carbocycles. The maximum atomic E-state index is 10.3. The van der Waals surface area contributed by atoms with Crippen LogP contribution in [0.2, 0.25) is 0 Å². The summed E-state index contributed by atoms with van der Waals surface area (Å²) in [4.78, 5) is 12.3. The number of hydrogen-bond acceptors (Lipinski definition) is 4. The van der Waals surface area contributed by atoms with Crippen LogP contribution in [0.5, 0.6) is 0 Å². The van der Waals surface area contributed by atoms with Crippen LogP contribution in [0.3, 0.4) is 0 Å². The SMILES string of the molecule is NC[C@@H]1CN(BC=O)CCCO1. The van der Waals surface area contributed by atoms with E-state index in [1.807, 2.05) is 0 Å². The smallest absolute Gasteiger partial charge is 0.281 e. The Hall–Kier alpha value is -0.385. The fourth-order valence-electron chi connectivity index (χ4n) is 1.38. The van der Waals surface area contributed by atoms with Crippen molar-refractivity contribution >= 4 is 13.6 Å². The van der Waals surface area contributed by atoms with Gasteiger partial charge < -0.3 is 20.1 Å². The molecule has 4 nitrogen and oxygen atoms in total. The van der Waals surface area contributed by atoms with Crippen molar-refractivity contribution < 1.29 is 9.53 Å². The van der Waals surface area contributed by atoms with E-state index in [4.69, 9.17) is 10.5 Å². The molecule has 0 radical (unpaired) electrons. The van der Waals surface area contributed by atoms with Crippen molar-refractivity contribution in [2.75, 3.05) is 26.2 Å². The minimum Gasteiger partial charge on any atom is -0.376 e. The summed E-state index contributed by atoms with van der Waals surface area (Å²) in [5.41, 5.74) is 5.49. The molecule has 68 valence electrons. The van der Waals surface area contributed by atoms with Crippen LogP contribution in [0.4, 0.5) is 0 Å². The molecule has 2 N–H and O–H groups in total. The first-order chi connectivity index (χ1) is 5.86. The monoisotopic (exact) mass is 170 g/mol. The zero-order valence-corrected chi connectivity index (χ0v) is 7.24. The minimum atomic E-state index is 0.104. The number of ether oxygens (including phenoxy) is 1. The maximum Gasteiger partial charge on any atom is 0.281 e. The Morgan fingerprint density at radius 2 is 2.58 bits per heavy atom. The molecule has 1 fully saturated rings. The van der Waals surface area contributed by atoms with Gasteiger partial charge in [-0.25, -0.2) is 0 Å². The van der Waals surface area contributed by atoms with Gasteiger partial charge >= 0.3 is 0 Å². The van der Waals surface area contributed by atoms with Gasteiger partial charge in [-0.2, -0.15) is 0 Å². The second-order valence-corrected chi connectivity index (χ2v) is 3.01. The number of carbonyl (C=O) groups is 1.